The van der Waals surface area contributed by atoms with E-state index >= 15 is 0 Å². The molecule has 0 unspecified atom stereocenters. The van der Waals surface area contributed by atoms with E-state index in [1.807, 2.05) is 98.1 Å². The lowest BCUT2D eigenvalue weighted by molar-refractivity contribution is -0.140. The predicted octanol–water partition coefficient (Wildman–Crippen LogP) is 5.69. The van der Waals surface area contributed by atoms with E-state index in [1.165, 1.54) is 4.90 Å². The summed E-state index contributed by atoms with van der Waals surface area (Å²) in [6, 6.07) is 27.1. The van der Waals surface area contributed by atoms with E-state index in [-0.39, 0.29) is 12.1 Å². The Morgan fingerprint density at radius 2 is 1.65 bits per heavy atom. The molecule has 0 atom stereocenters. The third kappa shape index (κ3) is 5.07. The van der Waals surface area contributed by atoms with Crippen molar-refractivity contribution in [3.63, 3.8) is 0 Å². The zero-order valence-electron chi connectivity index (χ0n) is 22.6. The van der Waals surface area contributed by atoms with Gasteiger partial charge >= 0.3 is 0 Å². The SMILES string of the molecule is COc1ccc(-c2nn(-c3ccccc3)cc2/C=C2/C(=O)N(CCc3ccccc3)C(=O)C(C#N)=C2C)c(C)c1. The van der Waals surface area contributed by atoms with Crippen LogP contribution < -0.4 is 4.74 Å². The Kier molecular flexibility index (Phi) is 7.43. The summed E-state index contributed by atoms with van der Waals surface area (Å²) in [5, 5.41) is 14.7. The van der Waals surface area contributed by atoms with Crippen LogP contribution in [0.1, 0.15) is 23.6 Å². The van der Waals surface area contributed by atoms with Gasteiger partial charge in [-0.1, -0.05) is 48.5 Å². The van der Waals surface area contributed by atoms with Crippen LogP contribution >= 0.6 is 0 Å². The maximum absolute atomic E-state index is 13.8. The van der Waals surface area contributed by atoms with Crippen LogP contribution in [-0.2, 0) is 16.0 Å². The lowest BCUT2D eigenvalue weighted by atomic mass is 9.92. The molecule has 0 aliphatic carbocycles. The van der Waals surface area contributed by atoms with Gasteiger partial charge in [-0.2, -0.15) is 10.4 Å². The average molecular weight is 529 g/mol. The topological polar surface area (TPSA) is 88.2 Å². The molecule has 4 aromatic rings. The highest BCUT2D eigenvalue weighted by Gasteiger charge is 2.35. The Balaban J connectivity index is 1.62. The number of aryl methyl sites for hydroxylation is 1. The normalized spacial score (nSPS) is 14.6. The van der Waals surface area contributed by atoms with Gasteiger partial charge in [-0.3, -0.25) is 14.5 Å². The molecule has 3 aromatic carbocycles. The molecule has 2 heterocycles. The fourth-order valence-electron chi connectivity index (χ4n) is 4.82. The molecule has 0 radical (unpaired) electrons. The van der Waals surface area contributed by atoms with Gasteiger partial charge in [0.15, 0.2) is 0 Å². The second-order valence-electron chi connectivity index (χ2n) is 9.56. The first kappa shape index (κ1) is 26.4. The van der Waals surface area contributed by atoms with Gasteiger partial charge in [0.2, 0.25) is 0 Å². The summed E-state index contributed by atoms with van der Waals surface area (Å²) in [6.45, 7) is 3.80. The number of para-hydroxylation sites is 1. The number of imide groups is 1. The summed E-state index contributed by atoms with van der Waals surface area (Å²) in [4.78, 5) is 28.1. The molecule has 1 aliphatic rings. The smallest absolute Gasteiger partial charge is 0.271 e. The lowest BCUT2D eigenvalue weighted by Crippen LogP contribution is -2.43. The van der Waals surface area contributed by atoms with Crippen molar-refractivity contribution in [2.75, 3.05) is 13.7 Å². The van der Waals surface area contributed by atoms with Crippen LogP contribution in [0.4, 0.5) is 0 Å². The fourth-order valence-corrected chi connectivity index (χ4v) is 4.82. The van der Waals surface area contributed by atoms with E-state index in [0.717, 1.165) is 28.1 Å². The minimum absolute atomic E-state index is 0.0310. The second kappa shape index (κ2) is 11.3. The number of carbonyl (C=O) groups is 2. The maximum Gasteiger partial charge on any atom is 0.271 e. The third-order valence-electron chi connectivity index (χ3n) is 7.04. The third-order valence-corrected chi connectivity index (χ3v) is 7.04. The van der Waals surface area contributed by atoms with Gasteiger partial charge in [-0.25, -0.2) is 4.68 Å². The molecule has 5 rings (SSSR count). The highest BCUT2D eigenvalue weighted by Crippen LogP contribution is 2.33. The summed E-state index contributed by atoms with van der Waals surface area (Å²) in [5.41, 5.74) is 5.68. The molecule has 7 heteroatoms. The van der Waals surface area contributed by atoms with Crippen LogP contribution in [-0.4, -0.2) is 40.1 Å². The first-order valence-electron chi connectivity index (χ1n) is 12.9. The molecule has 1 aromatic heterocycles. The number of ether oxygens (including phenoxy) is 1. The largest absolute Gasteiger partial charge is 0.497 e. The van der Waals surface area contributed by atoms with Gasteiger partial charge in [0.1, 0.15) is 23.1 Å². The molecular weight excluding hydrogens is 500 g/mol. The van der Waals surface area contributed by atoms with Gasteiger partial charge in [-0.15, -0.1) is 0 Å². The summed E-state index contributed by atoms with van der Waals surface area (Å²) < 4.78 is 7.15. The molecule has 0 saturated heterocycles. The highest BCUT2D eigenvalue weighted by molar-refractivity contribution is 6.19. The van der Waals surface area contributed by atoms with E-state index < -0.39 is 11.8 Å². The lowest BCUT2D eigenvalue weighted by Gasteiger charge is -2.27. The van der Waals surface area contributed by atoms with Crippen molar-refractivity contribution in [1.82, 2.24) is 14.7 Å². The van der Waals surface area contributed by atoms with Crippen molar-refractivity contribution in [2.24, 2.45) is 0 Å². The van der Waals surface area contributed by atoms with E-state index in [4.69, 9.17) is 9.84 Å². The molecular formula is C33H28N4O3. The minimum Gasteiger partial charge on any atom is -0.497 e. The number of nitriles is 1. The number of carbonyl (C=O) groups excluding carboxylic acids is 2. The Morgan fingerprint density at radius 3 is 2.30 bits per heavy atom. The standard InChI is InChI=1S/C33H28N4O3/c1-22-18-27(40-3)14-15-28(22)31-25(21-37(35-31)26-12-8-5-9-13-26)19-29-23(2)30(20-34)33(39)36(32(29)38)17-16-24-10-6-4-7-11-24/h4-15,18-19,21H,16-17H2,1-3H3/b29-19+. The molecule has 40 heavy (non-hydrogen) atoms. The predicted molar refractivity (Wildman–Crippen MR) is 153 cm³/mol. The Morgan fingerprint density at radius 1 is 0.950 bits per heavy atom. The summed E-state index contributed by atoms with van der Waals surface area (Å²) in [6.07, 6.45) is 4.09. The monoisotopic (exact) mass is 528 g/mol. The average Bonchev–Trinajstić information content (AvgIpc) is 3.40. The quantitative estimate of drug-likeness (QED) is 0.227. The first-order chi connectivity index (χ1) is 19.4. The molecule has 0 N–H and O–H groups in total. The Hall–Kier alpha value is -5.22. The number of amides is 2. The number of benzene rings is 3. The van der Waals surface area contributed by atoms with Gasteiger partial charge in [-0.05, 0) is 73.4 Å². The van der Waals surface area contributed by atoms with E-state index in [2.05, 4.69) is 0 Å². The van der Waals surface area contributed by atoms with Crippen LogP contribution in [0.25, 0.3) is 23.0 Å². The van der Waals surface area contributed by atoms with E-state index in [1.54, 1.807) is 24.8 Å². The van der Waals surface area contributed by atoms with Crippen molar-refractivity contribution in [1.29, 1.82) is 5.26 Å². The molecule has 2 amide bonds. The fraction of sp³-hybridized carbons (Fsp3) is 0.152. The molecule has 0 spiro atoms. The molecule has 0 fully saturated rings. The minimum atomic E-state index is -0.565. The Labute approximate surface area is 233 Å². The molecule has 198 valence electrons. The second-order valence-corrected chi connectivity index (χ2v) is 9.56. The van der Waals surface area contributed by atoms with Gasteiger partial charge in [0.25, 0.3) is 11.8 Å². The van der Waals surface area contributed by atoms with Gasteiger partial charge in [0, 0.05) is 29.4 Å². The summed E-state index contributed by atoms with van der Waals surface area (Å²) in [7, 11) is 1.62. The van der Waals surface area contributed by atoms with E-state index in [0.29, 0.717) is 28.8 Å². The van der Waals surface area contributed by atoms with Crippen molar-refractivity contribution < 1.29 is 14.3 Å². The van der Waals surface area contributed by atoms with Crippen LogP contribution in [0.3, 0.4) is 0 Å². The number of aromatic nitrogens is 2. The number of rotatable bonds is 7. The van der Waals surface area contributed by atoms with Crippen molar-refractivity contribution in [2.45, 2.75) is 20.3 Å². The van der Waals surface area contributed by atoms with Crippen molar-refractivity contribution >= 4 is 17.9 Å². The van der Waals surface area contributed by atoms with Crippen LogP contribution in [0.2, 0.25) is 0 Å². The van der Waals surface area contributed by atoms with Crippen molar-refractivity contribution in [3.8, 4) is 28.8 Å². The highest BCUT2D eigenvalue weighted by atomic mass is 16.5. The van der Waals surface area contributed by atoms with Gasteiger partial charge < -0.3 is 4.74 Å². The molecule has 0 bridgehead atoms. The summed E-state index contributed by atoms with van der Waals surface area (Å²) >= 11 is 0. The maximum atomic E-state index is 13.8. The number of hydrogen-bond acceptors (Lipinski definition) is 5. The molecule has 7 nitrogen and oxygen atoms in total. The first-order valence-corrected chi connectivity index (χ1v) is 12.9. The van der Waals surface area contributed by atoms with Crippen LogP contribution in [0, 0.1) is 18.3 Å². The number of hydrogen-bond donors (Lipinski definition) is 0. The number of nitrogens with zero attached hydrogens (tertiary/aromatic N) is 4. The van der Waals surface area contributed by atoms with Crippen LogP contribution in [0.15, 0.2) is 102 Å². The number of methoxy groups -OCH3 is 1. The van der Waals surface area contributed by atoms with E-state index in [9.17, 15) is 14.9 Å². The molecule has 0 saturated carbocycles. The Bertz CT molecular complexity index is 1690. The zero-order chi connectivity index (χ0) is 28.2. The van der Waals surface area contributed by atoms with Gasteiger partial charge in [0.05, 0.1) is 12.8 Å². The molecule has 1 aliphatic heterocycles. The summed E-state index contributed by atoms with van der Waals surface area (Å²) in [5.74, 6) is -0.261. The van der Waals surface area contributed by atoms with Crippen LogP contribution in [0.5, 0.6) is 5.75 Å². The zero-order valence-corrected chi connectivity index (χ0v) is 22.6. The van der Waals surface area contributed by atoms with Crippen molar-refractivity contribution in [3.05, 3.63) is 118 Å².